The van der Waals surface area contributed by atoms with Crippen molar-refractivity contribution in [3.8, 4) is 0 Å². The molecular weight excluding hydrogens is 164 g/mol. The van der Waals surface area contributed by atoms with Crippen LogP contribution in [0.4, 0.5) is 5.69 Å². The van der Waals surface area contributed by atoms with Crippen LogP contribution in [-0.2, 0) is 0 Å². The number of rotatable bonds is 1. The van der Waals surface area contributed by atoms with Crippen molar-refractivity contribution in [1.29, 1.82) is 0 Å². The summed E-state index contributed by atoms with van der Waals surface area (Å²) in [5, 5.41) is 10.8. The Morgan fingerprint density at radius 2 is 2.08 bits per heavy atom. The van der Waals surface area contributed by atoms with Gasteiger partial charge in [0.15, 0.2) is 0 Å². The van der Waals surface area contributed by atoms with Crippen LogP contribution in [0.25, 0.3) is 0 Å². The molecule has 0 aliphatic carbocycles. The summed E-state index contributed by atoms with van der Waals surface area (Å²) in [4.78, 5) is 0. The van der Waals surface area contributed by atoms with E-state index in [0.29, 0.717) is 5.92 Å². The van der Waals surface area contributed by atoms with E-state index in [2.05, 4.69) is 19.3 Å². The van der Waals surface area contributed by atoms with Gasteiger partial charge in [-0.1, -0.05) is 37.2 Å². The third-order valence-electron chi connectivity index (χ3n) is 2.41. The molecule has 2 rings (SSSR count). The summed E-state index contributed by atoms with van der Waals surface area (Å²) in [5.41, 5.74) is 5.09. The third-order valence-corrected chi connectivity index (χ3v) is 2.41. The van der Waals surface area contributed by atoms with Gasteiger partial charge in [0, 0.05) is 0 Å². The second-order valence-corrected chi connectivity index (χ2v) is 3.73. The van der Waals surface area contributed by atoms with E-state index in [1.807, 2.05) is 24.3 Å². The quantitative estimate of drug-likeness (QED) is 0.693. The minimum atomic E-state index is 0.0659. The highest BCUT2D eigenvalue weighted by molar-refractivity contribution is 5.55. The maximum absolute atomic E-state index is 9.60. The van der Waals surface area contributed by atoms with Gasteiger partial charge in [0.2, 0.25) is 0 Å². The van der Waals surface area contributed by atoms with E-state index in [9.17, 15) is 5.21 Å². The summed E-state index contributed by atoms with van der Waals surface area (Å²) in [7, 11) is 0. The van der Waals surface area contributed by atoms with E-state index in [1.54, 1.807) is 0 Å². The van der Waals surface area contributed by atoms with Crippen LogP contribution in [0.3, 0.4) is 0 Å². The summed E-state index contributed by atoms with van der Waals surface area (Å²) in [6.45, 7) is 4.19. The van der Waals surface area contributed by atoms with Crippen molar-refractivity contribution in [3.05, 3.63) is 29.8 Å². The normalized spacial score (nSPS) is 21.7. The molecular formula is C10H14N2O. The van der Waals surface area contributed by atoms with E-state index < -0.39 is 0 Å². The lowest BCUT2D eigenvalue weighted by molar-refractivity contribution is -0.109. The molecule has 2 N–H and O–H groups in total. The zero-order valence-electron chi connectivity index (χ0n) is 7.86. The van der Waals surface area contributed by atoms with Gasteiger partial charge in [-0.15, -0.1) is 0 Å². The molecule has 0 bridgehead atoms. The van der Waals surface area contributed by atoms with Crippen molar-refractivity contribution in [2.75, 3.05) is 5.43 Å². The van der Waals surface area contributed by atoms with Crippen LogP contribution in [0.15, 0.2) is 24.3 Å². The molecule has 1 atom stereocenters. The molecule has 0 radical (unpaired) electrons. The molecule has 0 spiro atoms. The first-order valence-corrected chi connectivity index (χ1v) is 4.54. The Hall–Kier alpha value is -1.06. The van der Waals surface area contributed by atoms with Crippen molar-refractivity contribution in [1.82, 2.24) is 5.17 Å². The molecule has 3 nitrogen and oxygen atoms in total. The molecule has 0 saturated heterocycles. The summed E-state index contributed by atoms with van der Waals surface area (Å²) in [5.74, 6) is 0.390. The Morgan fingerprint density at radius 3 is 2.77 bits per heavy atom. The Morgan fingerprint density at radius 1 is 1.38 bits per heavy atom. The maximum atomic E-state index is 9.60. The maximum Gasteiger partial charge on any atom is 0.0853 e. The van der Waals surface area contributed by atoms with Crippen LogP contribution < -0.4 is 5.43 Å². The molecule has 13 heavy (non-hydrogen) atoms. The van der Waals surface area contributed by atoms with E-state index in [-0.39, 0.29) is 6.04 Å². The van der Waals surface area contributed by atoms with E-state index in [4.69, 9.17) is 0 Å². The van der Waals surface area contributed by atoms with Crippen LogP contribution in [0.2, 0.25) is 0 Å². The first-order valence-electron chi connectivity index (χ1n) is 4.54. The van der Waals surface area contributed by atoms with Crippen molar-refractivity contribution >= 4 is 5.69 Å². The van der Waals surface area contributed by atoms with Crippen LogP contribution in [0, 0.1) is 5.92 Å². The standard InChI is InChI=1S/C10H14N2O/c1-7(2)10-8-5-3-4-6-9(8)11-12(10)13/h3-7,10-11,13H,1-2H3. The number of hydrazine groups is 1. The molecule has 1 aliphatic rings. The zero-order chi connectivity index (χ0) is 9.42. The zero-order valence-corrected chi connectivity index (χ0v) is 7.86. The van der Waals surface area contributed by atoms with Crippen LogP contribution in [0.1, 0.15) is 25.5 Å². The molecule has 1 heterocycles. The minimum absolute atomic E-state index is 0.0659. The SMILES string of the molecule is CC(C)C1c2ccccc2NN1O. The second-order valence-electron chi connectivity index (χ2n) is 3.73. The lowest BCUT2D eigenvalue weighted by Crippen LogP contribution is -2.26. The van der Waals surface area contributed by atoms with Crippen molar-refractivity contribution in [3.63, 3.8) is 0 Å². The van der Waals surface area contributed by atoms with Crippen molar-refractivity contribution in [2.45, 2.75) is 19.9 Å². The smallest absolute Gasteiger partial charge is 0.0853 e. The number of hydroxylamine groups is 1. The number of benzene rings is 1. The lowest BCUT2D eigenvalue weighted by atomic mass is 9.97. The van der Waals surface area contributed by atoms with Gasteiger partial charge in [-0.05, 0) is 17.5 Å². The molecule has 1 aromatic rings. The molecule has 3 heteroatoms. The van der Waals surface area contributed by atoms with Gasteiger partial charge in [-0.3, -0.25) is 10.6 Å². The highest BCUT2D eigenvalue weighted by atomic mass is 16.5. The molecule has 1 unspecified atom stereocenters. The highest BCUT2D eigenvalue weighted by Gasteiger charge is 2.30. The molecule has 1 aromatic carbocycles. The monoisotopic (exact) mass is 178 g/mol. The summed E-state index contributed by atoms with van der Waals surface area (Å²) < 4.78 is 0. The number of para-hydroxylation sites is 1. The van der Waals surface area contributed by atoms with Crippen LogP contribution in [-0.4, -0.2) is 10.4 Å². The van der Waals surface area contributed by atoms with Gasteiger partial charge in [-0.25, -0.2) is 0 Å². The van der Waals surface area contributed by atoms with Gasteiger partial charge in [-0.2, -0.15) is 0 Å². The van der Waals surface area contributed by atoms with Gasteiger partial charge in [0.05, 0.1) is 11.7 Å². The Bertz CT molecular complexity index is 312. The summed E-state index contributed by atoms with van der Waals surface area (Å²) in [6, 6.07) is 8.04. The fourth-order valence-electron chi connectivity index (χ4n) is 1.82. The minimum Gasteiger partial charge on any atom is -0.296 e. The van der Waals surface area contributed by atoms with Gasteiger partial charge in [0.1, 0.15) is 0 Å². The highest BCUT2D eigenvalue weighted by Crippen LogP contribution is 2.37. The first kappa shape index (κ1) is 8.53. The van der Waals surface area contributed by atoms with E-state index in [1.165, 1.54) is 10.7 Å². The predicted molar refractivity (Wildman–Crippen MR) is 51.3 cm³/mol. The number of hydrogen-bond acceptors (Lipinski definition) is 3. The fraction of sp³-hybridized carbons (Fsp3) is 0.400. The van der Waals surface area contributed by atoms with E-state index >= 15 is 0 Å². The summed E-state index contributed by atoms with van der Waals surface area (Å²) >= 11 is 0. The lowest BCUT2D eigenvalue weighted by Gasteiger charge is -2.20. The first-order chi connectivity index (χ1) is 6.20. The number of fused-ring (bicyclic) bond motifs is 1. The fourth-order valence-corrected chi connectivity index (χ4v) is 1.82. The molecule has 0 aromatic heterocycles. The molecule has 0 amide bonds. The van der Waals surface area contributed by atoms with Gasteiger partial charge >= 0.3 is 0 Å². The number of nitrogens with one attached hydrogen (secondary N) is 1. The molecule has 1 aliphatic heterocycles. The molecule has 0 saturated carbocycles. The Balaban J connectivity index is 2.40. The van der Waals surface area contributed by atoms with Gasteiger partial charge < -0.3 is 0 Å². The topological polar surface area (TPSA) is 35.5 Å². The van der Waals surface area contributed by atoms with Crippen LogP contribution in [0.5, 0.6) is 0 Å². The summed E-state index contributed by atoms with van der Waals surface area (Å²) in [6.07, 6.45) is 0. The average Bonchev–Trinajstić information content (AvgIpc) is 2.39. The Kier molecular flexibility index (Phi) is 1.98. The largest absolute Gasteiger partial charge is 0.296 e. The third kappa shape index (κ3) is 1.30. The van der Waals surface area contributed by atoms with Crippen LogP contribution >= 0.6 is 0 Å². The number of nitrogens with zero attached hydrogens (tertiary/aromatic N) is 1. The van der Waals surface area contributed by atoms with Crippen molar-refractivity contribution < 1.29 is 5.21 Å². The van der Waals surface area contributed by atoms with Crippen molar-refractivity contribution in [2.24, 2.45) is 5.92 Å². The molecule has 70 valence electrons. The molecule has 0 fully saturated rings. The predicted octanol–water partition coefficient (Wildman–Crippen LogP) is 2.42. The Labute approximate surface area is 77.9 Å². The number of anilines is 1. The number of hydrogen-bond donors (Lipinski definition) is 2. The average molecular weight is 178 g/mol. The van der Waals surface area contributed by atoms with Gasteiger partial charge in [0.25, 0.3) is 0 Å². The second kappa shape index (κ2) is 3.01. The van der Waals surface area contributed by atoms with E-state index in [0.717, 1.165) is 5.69 Å².